The molecule has 24 heavy (non-hydrogen) atoms. The van der Waals surface area contributed by atoms with E-state index in [-0.39, 0.29) is 29.4 Å². The first kappa shape index (κ1) is 16.9. The average molecular weight is 351 g/mol. The first-order chi connectivity index (χ1) is 11.1. The standard InChI is InChI=1S/C16H21N3O4S/c1-10(20)17-11-5-4-6-12(7-11)19-14-9-24(22,23)8-13(14)18-16(2,3)15(19)21/h4-7,13-14,18H,8-9H2,1-3H3,(H,17,20)/t13-,14+/m1/s1. The Balaban J connectivity index is 2.03. The molecule has 0 aliphatic carbocycles. The molecule has 1 aromatic carbocycles. The molecule has 7 nitrogen and oxygen atoms in total. The maximum atomic E-state index is 12.9. The Morgan fingerprint density at radius 3 is 2.71 bits per heavy atom. The summed E-state index contributed by atoms with van der Waals surface area (Å²) in [5.74, 6) is -0.422. The van der Waals surface area contributed by atoms with E-state index in [1.807, 2.05) is 0 Å². The van der Waals surface area contributed by atoms with E-state index >= 15 is 0 Å². The van der Waals surface area contributed by atoms with Crippen LogP contribution >= 0.6 is 0 Å². The molecule has 2 atom stereocenters. The molecule has 0 radical (unpaired) electrons. The van der Waals surface area contributed by atoms with Crippen molar-refractivity contribution in [3.63, 3.8) is 0 Å². The molecule has 0 aromatic heterocycles. The average Bonchev–Trinajstić information content (AvgIpc) is 2.72. The van der Waals surface area contributed by atoms with Crippen LogP contribution in [0.3, 0.4) is 0 Å². The molecule has 2 aliphatic rings. The van der Waals surface area contributed by atoms with Crippen molar-refractivity contribution in [3.05, 3.63) is 24.3 Å². The van der Waals surface area contributed by atoms with Crippen LogP contribution in [0.15, 0.2) is 24.3 Å². The van der Waals surface area contributed by atoms with Gasteiger partial charge in [-0.2, -0.15) is 0 Å². The monoisotopic (exact) mass is 351 g/mol. The molecule has 3 rings (SSSR count). The second-order valence-corrected chi connectivity index (χ2v) is 9.08. The molecule has 0 bridgehead atoms. The molecule has 2 saturated heterocycles. The number of sulfone groups is 1. The fraction of sp³-hybridized carbons (Fsp3) is 0.500. The molecule has 2 amide bonds. The van der Waals surface area contributed by atoms with Gasteiger partial charge in [0.25, 0.3) is 0 Å². The SMILES string of the molecule is CC(=O)Nc1cccc(N2C(=O)C(C)(C)N[C@@H]3CS(=O)(=O)C[C@@H]32)c1. The molecular formula is C16H21N3O4S. The second-order valence-electron chi connectivity index (χ2n) is 6.93. The van der Waals surface area contributed by atoms with Crippen LogP contribution in [0.5, 0.6) is 0 Å². The largest absolute Gasteiger partial charge is 0.326 e. The number of anilines is 2. The number of fused-ring (bicyclic) bond motifs is 1. The third kappa shape index (κ3) is 3.03. The normalized spacial score (nSPS) is 27.6. The summed E-state index contributed by atoms with van der Waals surface area (Å²) in [4.78, 5) is 25.7. The molecule has 130 valence electrons. The van der Waals surface area contributed by atoms with Gasteiger partial charge in [0.15, 0.2) is 9.84 Å². The van der Waals surface area contributed by atoms with Crippen LogP contribution in [-0.2, 0) is 19.4 Å². The molecule has 2 N–H and O–H groups in total. The molecule has 0 saturated carbocycles. The molecule has 0 spiro atoms. The van der Waals surface area contributed by atoms with Crippen LogP contribution < -0.4 is 15.5 Å². The van der Waals surface area contributed by atoms with Crippen LogP contribution in [0.25, 0.3) is 0 Å². The zero-order chi connectivity index (χ0) is 17.7. The summed E-state index contributed by atoms with van der Waals surface area (Å²) >= 11 is 0. The first-order valence-corrected chi connectivity index (χ1v) is 9.61. The van der Waals surface area contributed by atoms with Gasteiger partial charge in [-0.15, -0.1) is 0 Å². The quantitative estimate of drug-likeness (QED) is 0.810. The zero-order valence-electron chi connectivity index (χ0n) is 13.9. The second kappa shape index (κ2) is 5.56. The Morgan fingerprint density at radius 2 is 2.04 bits per heavy atom. The molecule has 0 unspecified atom stereocenters. The number of benzene rings is 1. The van der Waals surface area contributed by atoms with E-state index in [1.54, 1.807) is 43.0 Å². The zero-order valence-corrected chi connectivity index (χ0v) is 14.7. The fourth-order valence-corrected chi connectivity index (χ4v) is 5.33. The molecule has 2 fully saturated rings. The molecule has 1 aromatic rings. The summed E-state index contributed by atoms with van der Waals surface area (Å²) in [6.45, 7) is 4.91. The minimum Gasteiger partial charge on any atom is -0.326 e. The minimum atomic E-state index is -3.20. The fourth-order valence-electron chi connectivity index (χ4n) is 3.44. The third-order valence-electron chi connectivity index (χ3n) is 4.40. The lowest BCUT2D eigenvalue weighted by molar-refractivity contribution is -0.126. The van der Waals surface area contributed by atoms with Crippen molar-refractivity contribution in [1.29, 1.82) is 0 Å². The lowest BCUT2D eigenvalue weighted by atomic mass is 9.93. The predicted molar refractivity (Wildman–Crippen MR) is 91.7 cm³/mol. The summed E-state index contributed by atoms with van der Waals surface area (Å²) in [5.41, 5.74) is 0.305. The van der Waals surface area contributed by atoms with Crippen LogP contribution in [0, 0.1) is 0 Å². The van der Waals surface area contributed by atoms with Crippen LogP contribution in [0.4, 0.5) is 11.4 Å². The van der Waals surface area contributed by atoms with Crippen molar-refractivity contribution >= 4 is 33.0 Å². The number of rotatable bonds is 2. The minimum absolute atomic E-state index is 0.0241. The highest BCUT2D eigenvalue weighted by molar-refractivity contribution is 7.91. The number of amides is 2. The van der Waals surface area contributed by atoms with E-state index in [1.165, 1.54) is 6.92 Å². The van der Waals surface area contributed by atoms with Gasteiger partial charge in [-0.25, -0.2) is 8.42 Å². The van der Waals surface area contributed by atoms with Gasteiger partial charge >= 0.3 is 0 Å². The highest BCUT2D eigenvalue weighted by Crippen LogP contribution is 2.33. The van der Waals surface area contributed by atoms with Crippen molar-refractivity contribution in [2.24, 2.45) is 0 Å². The van der Waals surface area contributed by atoms with Gasteiger partial charge in [0.05, 0.1) is 23.1 Å². The maximum absolute atomic E-state index is 12.9. The predicted octanol–water partition coefficient (Wildman–Crippen LogP) is 0.525. The van der Waals surface area contributed by atoms with Gasteiger partial charge in [0, 0.05) is 24.3 Å². The van der Waals surface area contributed by atoms with E-state index < -0.39 is 21.4 Å². The topological polar surface area (TPSA) is 95.6 Å². The summed E-state index contributed by atoms with van der Waals surface area (Å²) in [5, 5.41) is 5.85. The van der Waals surface area contributed by atoms with Gasteiger partial charge in [-0.1, -0.05) is 6.07 Å². The Kier molecular flexibility index (Phi) is 3.92. The summed E-state index contributed by atoms with van der Waals surface area (Å²) in [7, 11) is -3.20. The third-order valence-corrected chi connectivity index (χ3v) is 6.12. The van der Waals surface area contributed by atoms with E-state index in [2.05, 4.69) is 10.6 Å². The Labute approximate surface area is 141 Å². The number of piperazine rings is 1. The highest BCUT2D eigenvalue weighted by atomic mass is 32.2. The van der Waals surface area contributed by atoms with Gasteiger partial charge in [-0.05, 0) is 32.0 Å². The van der Waals surface area contributed by atoms with Gasteiger partial charge < -0.3 is 10.2 Å². The van der Waals surface area contributed by atoms with Crippen molar-refractivity contribution in [1.82, 2.24) is 5.32 Å². The summed E-state index contributed by atoms with van der Waals surface area (Å²) in [6, 6.07) is 6.18. The number of nitrogens with one attached hydrogen (secondary N) is 2. The summed E-state index contributed by atoms with van der Waals surface area (Å²) < 4.78 is 24.1. The van der Waals surface area contributed by atoms with Crippen LogP contribution in [0.2, 0.25) is 0 Å². The van der Waals surface area contributed by atoms with E-state index in [0.29, 0.717) is 11.4 Å². The maximum Gasteiger partial charge on any atom is 0.247 e. The van der Waals surface area contributed by atoms with E-state index in [9.17, 15) is 18.0 Å². The molecular weight excluding hydrogens is 330 g/mol. The van der Waals surface area contributed by atoms with E-state index in [0.717, 1.165) is 0 Å². The first-order valence-electron chi connectivity index (χ1n) is 7.78. The van der Waals surface area contributed by atoms with Gasteiger partial charge in [0.2, 0.25) is 11.8 Å². The van der Waals surface area contributed by atoms with Crippen LogP contribution in [-0.4, -0.2) is 49.4 Å². The highest BCUT2D eigenvalue weighted by Gasteiger charge is 2.52. The number of carbonyl (C=O) groups is 2. The molecule has 8 heteroatoms. The lowest BCUT2D eigenvalue weighted by Gasteiger charge is -2.45. The van der Waals surface area contributed by atoms with Crippen molar-refractivity contribution in [3.8, 4) is 0 Å². The number of nitrogens with zero attached hydrogens (tertiary/aromatic N) is 1. The lowest BCUT2D eigenvalue weighted by Crippen LogP contribution is -2.69. The number of hydrogen-bond acceptors (Lipinski definition) is 5. The number of hydrogen-bond donors (Lipinski definition) is 2. The smallest absolute Gasteiger partial charge is 0.247 e. The summed E-state index contributed by atoms with van der Waals surface area (Å²) in [6.07, 6.45) is 0. The Bertz CT molecular complexity index is 803. The van der Waals surface area contributed by atoms with E-state index in [4.69, 9.17) is 0 Å². The molecule has 2 aliphatic heterocycles. The van der Waals surface area contributed by atoms with Gasteiger partial charge in [0.1, 0.15) is 0 Å². The Hall–Kier alpha value is -1.93. The van der Waals surface area contributed by atoms with Crippen molar-refractivity contribution < 1.29 is 18.0 Å². The Morgan fingerprint density at radius 1 is 1.33 bits per heavy atom. The number of carbonyl (C=O) groups excluding carboxylic acids is 2. The molecule has 2 heterocycles. The van der Waals surface area contributed by atoms with Gasteiger partial charge in [-0.3, -0.25) is 14.9 Å². The van der Waals surface area contributed by atoms with Crippen molar-refractivity contribution in [2.45, 2.75) is 38.4 Å². The van der Waals surface area contributed by atoms with Crippen molar-refractivity contribution in [2.75, 3.05) is 21.7 Å². The van der Waals surface area contributed by atoms with Crippen LogP contribution in [0.1, 0.15) is 20.8 Å².